The van der Waals surface area contributed by atoms with E-state index in [2.05, 4.69) is 15.4 Å². The third-order valence-corrected chi connectivity index (χ3v) is 10.1. The average Bonchev–Trinajstić information content (AvgIpc) is 3.48. The second kappa shape index (κ2) is 10.3. The molecule has 1 unspecified atom stereocenters. The van der Waals surface area contributed by atoms with E-state index in [9.17, 15) is 33.0 Å². The van der Waals surface area contributed by atoms with Crippen molar-refractivity contribution in [2.24, 2.45) is 0 Å². The minimum absolute atomic E-state index is 0.252. The van der Waals surface area contributed by atoms with Gasteiger partial charge in [0.25, 0.3) is 0 Å². The van der Waals surface area contributed by atoms with Crippen molar-refractivity contribution in [3.8, 4) is 0 Å². The number of anilines is 1. The van der Waals surface area contributed by atoms with Crippen LogP contribution in [-0.2, 0) is 24.8 Å². The molecule has 1 aliphatic heterocycles. The molecule has 3 heterocycles. The highest BCUT2D eigenvalue weighted by Gasteiger charge is 2.46. The van der Waals surface area contributed by atoms with E-state index in [-0.39, 0.29) is 5.65 Å². The molecule has 39 heavy (non-hydrogen) atoms. The van der Waals surface area contributed by atoms with Crippen molar-refractivity contribution in [1.82, 2.24) is 14.8 Å². The first-order valence-corrected chi connectivity index (χ1v) is 15.4. The van der Waals surface area contributed by atoms with Gasteiger partial charge in [-0.05, 0) is 37.5 Å². The lowest BCUT2D eigenvalue weighted by molar-refractivity contribution is -0.0541. The first kappa shape index (κ1) is 28.2. The van der Waals surface area contributed by atoms with E-state index in [0.29, 0.717) is 40.7 Å². The molecule has 6 N–H and O–H groups in total. The Morgan fingerprint density at radius 3 is 2.64 bits per heavy atom. The second-order valence-corrected chi connectivity index (χ2v) is 13.6. The fourth-order valence-corrected chi connectivity index (χ4v) is 7.56. The molecule has 3 aromatic rings. The number of rotatable bonds is 8. The van der Waals surface area contributed by atoms with Crippen molar-refractivity contribution >= 4 is 31.9 Å². The first-order chi connectivity index (χ1) is 18.2. The van der Waals surface area contributed by atoms with Crippen molar-refractivity contribution in [2.45, 2.75) is 50.3 Å². The molecular weight excluding hydrogens is 564 g/mol. The molecule has 1 fully saturated rings. The maximum absolute atomic E-state index is 14.6. The van der Waals surface area contributed by atoms with Gasteiger partial charge in [-0.3, -0.25) is 9.13 Å². The van der Waals surface area contributed by atoms with Crippen LogP contribution >= 0.6 is 15.2 Å². The maximum Gasteiger partial charge on any atom is 0.340 e. The Bertz CT molecular complexity index is 1520. The number of ether oxygens (including phenoxy) is 1. The quantitative estimate of drug-likeness (QED) is 0.209. The van der Waals surface area contributed by atoms with Gasteiger partial charge < -0.3 is 39.5 Å². The van der Waals surface area contributed by atoms with Gasteiger partial charge in [-0.1, -0.05) is 0 Å². The molecule has 212 valence electrons. The van der Waals surface area contributed by atoms with E-state index in [1.807, 2.05) is 0 Å². The number of aliphatic hydroxyl groups excluding tert-OH is 2. The molecule has 2 aromatic heterocycles. The predicted octanol–water partition coefficient (Wildman–Crippen LogP) is 2.07. The molecule has 1 aliphatic carbocycles. The summed E-state index contributed by atoms with van der Waals surface area (Å²) in [5.41, 5.74) is 2.31. The van der Waals surface area contributed by atoms with E-state index < -0.39 is 69.9 Å². The van der Waals surface area contributed by atoms with Crippen molar-refractivity contribution in [3.05, 3.63) is 52.9 Å². The summed E-state index contributed by atoms with van der Waals surface area (Å²) in [5.74, 6) is -2.70. The van der Waals surface area contributed by atoms with Gasteiger partial charge in [0, 0.05) is 23.0 Å². The maximum atomic E-state index is 14.6. The standard InChI is InChI=1S/C22H26F2N4O9P2/c1-10-4-16(27-15-3-2-11-5-12(23)6-14(24)18(11)15)13-7-25-28(21(13)26-10)22-20(30)19(29)17(37-22)8-36-39(34,35)9-38(31,32)33/h4-7,15,17,19-20,22,29-30H,2-3,8-9H2,1H3,(H,26,27)(H,34,35)(H2,31,32,33)/t15-,17-,19-,20-,22-/m1/s1. The van der Waals surface area contributed by atoms with Crippen molar-refractivity contribution in [2.75, 3.05) is 17.8 Å². The number of aliphatic hydroxyl groups is 2. The number of benzene rings is 1. The van der Waals surface area contributed by atoms with E-state index in [1.54, 1.807) is 13.0 Å². The Labute approximate surface area is 220 Å². The zero-order chi connectivity index (χ0) is 28.3. The number of nitrogens with one attached hydrogen (secondary N) is 1. The Morgan fingerprint density at radius 2 is 1.92 bits per heavy atom. The molecule has 0 amide bonds. The monoisotopic (exact) mass is 590 g/mol. The van der Waals surface area contributed by atoms with Gasteiger partial charge in [0.05, 0.1) is 24.2 Å². The topological polar surface area (TPSA) is 196 Å². The molecule has 0 radical (unpaired) electrons. The summed E-state index contributed by atoms with van der Waals surface area (Å²) in [7, 11) is -9.57. The molecule has 5 rings (SSSR count). The fraction of sp³-hybridized carbons (Fsp3) is 0.455. The summed E-state index contributed by atoms with van der Waals surface area (Å²) < 4.78 is 62.8. The third kappa shape index (κ3) is 5.78. The SMILES string of the molecule is Cc1cc(N[C@@H]2CCc3cc(F)cc(F)c32)c2cnn([C@@H]3O[C@H](COP(=O)(O)CP(=O)(O)O)[C@@H](O)[C@H]3O)c2n1. The number of aryl methyl sites for hydroxylation is 2. The zero-order valence-corrected chi connectivity index (χ0v) is 22.2. The summed E-state index contributed by atoms with van der Waals surface area (Å²) in [6.45, 7) is 0.964. The van der Waals surface area contributed by atoms with Crippen molar-refractivity contribution < 1.29 is 52.1 Å². The van der Waals surface area contributed by atoms with Crippen LogP contribution in [0.25, 0.3) is 11.0 Å². The smallest absolute Gasteiger partial charge is 0.340 e. The molecule has 2 aliphatic rings. The number of hydrogen-bond donors (Lipinski definition) is 6. The fourth-order valence-electron chi connectivity index (χ4n) is 4.99. The highest BCUT2D eigenvalue weighted by Crippen LogP contribution is 2.55. The van der Waals surface area contributed by atoms with Gasteiger partial charge in [0.15, 0.2) is 17.8 Å². The molecule has 1 aromatic carbocycles. The highest BCUT2D eigenvalue weighted by molar-refractivity contribution is 7.70. The number of fused-ring (bicyclic) bond motifs is 2. The zero-order valence-electron chi connectivity index (χ0n) is 20.4. The van der Waals surface area contributed by atoms with Crippen LogP contribution in [0.3, 0.4) is 0 Å². The van der Waals surface area contributed by atoms with Gasteiger partial charge in [-0.15, -0.1) is 0 Å². The summed E-state index contributed by atoms with van der Waals surface area (Å²) in [6.07, 6.45) is -3.32. The number of nitrogens with zero attached hydrogens (tertiary/aromatic N) is 3. The van der Waals surface area contributed by atoms with Gasteiger partial charge in [0.1, 0.15) is 29.9 Å². The van der Waals surface area contributed by atoms with Gasteiger partial charge >= 0.3 is 15.2 Å². The highest BCUT2D eigenvalue weighted by atomic mass is 31.2. The van der Waals surface area contributed by atoms with Crippen LogP contribution in [-0.4, -0.2) is 70.5 Å². The predicted molar refractivity (Wildman–Crippen MR) is 132 cm³/mol. The minimum atomic E-state index is -4.86. The second-order valence-electron chi connectivity index (χ2n) is 9.62. The van der Waals surface area contributed by atoms with Crippen LogP contribution in [0.4, 0.5) is 14.5 Å². The van der Waals surface area contributed by atoms with Gasteiger partial charge in [0.2, 0.25) is 0 Å². The van der Waals surface area contributed by atoms with Crippen LogP contribution in [0.15, 0.2) is 24.4 Å². The van der Waals surface area contributed by atoms with Gasteiger partial charge in [-0.2, -0.15) is 5.10 Å². The van der Waals surface area contributed by atoms with Crippen LogP contribution in [0.5, 0.6) is 0 Å². The molecular formula is C22H26F2N4O9P2. The van der Waals surface area contributed by atoms with Crippen LogP contribution in [0.2, 0.25) is 0 Å². The molecule has 1 saturated heterocycles. The average molecular weight is 590 g/mol. The molecule has 0 spiro atoms. The lowest BCUT2D eigenvalue weighted by Gasteiger charge is -2.19. The summed E-state index contributed by atoms with van der Waals surface area (Å²) in [5, 5.41) is 29.1. The van der Waals surface area contributed by atoms with E-state index >= 15 is 0 Å². The van der Waals surface area contributed by atoms with E-state index in [0.717, 1.165) is 6.07 Å². The van der Waals surface area contributed by atoms with Crippen molar-refractivity contribution in [3.63, 3.8) is 0 Å². The molecule has 6 atom stereocenters. The molecule has 0 saturated carbocycles. The largest absolute Gasteiger partial charge is 0.387 e. The Kier molecular flexibility index (Phi) is 7.42. The minimum Gasteiger partial charge on any atom is -0.387 e. The normalized spacial score (nSPS) is 26.6. The van der Waals surface area contributed by atoms with Gasteiger partial charge in [-0.25, -0.2) is 18.4 Å². The Morgan fingerprint density at radius 1 is 1.18 bits per heavy atom. The lowest BCUT2D eigenvalue weighted by atomic mass is 10.1. The summed E-state index contributed by atoms with van der Waals surface area (Å²) in [4.78, 5) is 32.0. The molecule has 13 nitrogen and oxygen atoms in total. The van der Waals surface area contributed by atoms with Crippen LogP contribution in [0.1, 0.15) is 35.5 Å². The van der Waals surface area contributed by atoms with E-state index in [1.165, 1.54) is 16.9 Å². The Balaban J connectivity index is 1.38. The van der Waals surface area contributed by atoms with Crippen LogP contribution < -0.4 is 5.32 Å². The third-order valence-electron chi connectivity index (χ3n) is 6.64. The number of aromatic nitrogens is 3. The molecule has 17 heteroatoms. The first-order valence-electron chi connectivity index (χ1n) is 11.8. The van der Waals surface area contributed by atoms with E-state index in [4.69, 9.17) is 19.0 Å². The number of halogens is 2. The van der Waals surface area contributed by atoms with Crippen LogP contribution in [0, 0.1) is 18.6 Å². The summed E-state index contributed by atoms with van der Waals surface area (Å²) in [6, 6.07) is 3.45. The number of pyridine rings is 1. The lowest BCUT2D eigenvalue weighted by Crippen LogP contribution is -2.33. The number of hydrogen-bond acceptors (Lipinski definition) is 9. The van der Waals surface area contributed by atoms with Crippen molar-refractivity contribution in [1.29, 1.82) is 0 Å². The Hall–Kier alpha value is -2.32. The molecule has 0 bridgehead atoms. The summed E-state index contributed by atoms with van der Waals surface area (Å²) >= 11 is 0.